The van der Waals surface area contributed by atoms with Gasteiger partial charge in [-0.3, -0.25) is 0 Å². The fourth-order valence-electron chi connectivity index (χ4n) is 0.859. The number of hydrogen-bond acceptors (Lipinski definition) is 3. The maximum absolute atomic E-state index is 12.8. The zero-order valence-corrected chi connectivity index (χ0v) is 6.41. The van der Waals surface area contributed by atoms with E-state index in [2.05, 4.69) is 0 Å². The molecule has 0 bridgehead atoms. The summed E-state index contributed by atoms with van der Waals surface area (Å²) in [6, 6.07) is 3.35. The molecular weight excluding hydrogens is 175 g/mol. The van der Waals surface area contributed by atoms with E-state index >= 15 is 0 Å². The van der Waals surface area contributed by atoms with Crippen molar-refractivity contribution in [2.75, 3.05) is 5.73 Å². The molecule has 5 heteroatoms. The van der Waals surface area contributed by atoms with Crippen molar-refractivity contribution >= 4 is 11.7 Å². The molecule has 13 heavy (non-hydrogen) atoms. The molecule has 0 atom stereocenters. The Morgan fingerprint density at radius 3 is 2.69 bits per heavy atom. The van der Waals surface area contributed by atoms with Gasteiger partial charge in [0.2, 0.25) is 0 Å². The standard InChI is InChI=1S/C8H5FN2O2/c9-6-2-5(8(12)13)4(3-10)1-7(6)11/h1-2H,11H2,(H,12,13). The zero-order valence-electron chi connectivity index (χ0n) is 6.41. The van der Waals surface area contributed by atoms with Gasteiger partial charge in [0.25, 0.3) is 0 Å². The molecule has 1 aromatic rings. The molecule has 4 nitrogen and oxygen atoms in total. The molecule has 1 rings (SSSR count). The van der Waals surface area contributed by atoms with Crippen LogP contribution in [0.2, 0.25) is 0 Å². The van der Waals surface area contributed by atoms with Crippen molar-refractivity contribution in [3.8, 4) is 6.07 Å². The van der Waals surface area contributed by atoms with Crippen LogP contribution >= 0.6 is 0 Å². The largest absolute Gasteiger partial charge is 0.478 e. The van der Waals surface area contributed by atoms with Crippen LogP contribution in [0, 0.1) is 17.1 Å². The van der Waals surface area contributed by atoms with E-state index in [9.17, 15) is 9.18 Å². The highest BCUT2D eigenvalue weighted by Gasteiger charge is 2.13. The predicted molar refractivity (Wildman–Crippen MR) is 42.5 cm³/mol. The lowest BCUT2D eigenvalue weighted by Gasteiger charge is -2.00. The third-order valence-electron chi connectivity index (χ3n) is 1.49. The van der Waals surface area contributed by atoms with Gasteiger partial charge in [-0.15, -0.1) is 0 Å². The van der Waals surface area contributed by atoms with E-state index in [0.717, 1.165) is 12.1 Å². The molecule has 0 fully saturated rings. The molecule has 0 radical (unpaired) electrons. The Hall–Kier alpha value is -2.09. The van der Waals surface area contributed by atoms with Crippen LogP contribution in [0.5, 0.6) is 0 Å². The molecule has 0 unspecified atom stereocenters. The van der Waals surface area contributed by atoms with Gasteiger partial charge in [-0.05, 0) is 12.1 Å². The lowest BCUT2D eigenvalue weighted by Crippen LogP contribution is -2.03. The number of nitrogen functional groups attached to an aromatic ring is 1. The van der Waals surface area contributed by atoms with Crippen molar-refractivity contribution < 1.29 is 14.3 Å². The number of anilines is 1. The number of benzene rings is 1. The Bertz CT molecular complexity index is 409. The van der Waals surface area contributed by atoms with Gasteiger partial charge in [-0.1, -0.05) is 0 Å². The minimum Gasteiger partial charge on any atom is -0.478 e. The van der Waals surface area contributed by atoms with Crippen molar-refractivity contribution in [3.05, 3.63) is 29.1 Å². The number of carboxylic acids is 1. The van der Waals surface area contributed by atoms with E-state index in [4.69, 9.17) is 16.1 Å². The summed E-state index contributed by atoms with van der Waals surface area (Å²) in [5.41, 5.74) is 4.38. The Morgan fingerprint density at radius 2 is 2.23 bits per heavy atom. The summed E-state index contributed by atoms with van der Waals surface area (Å²) in [5, 5.41) is 17.0. The number of rotatable bonds is 1. The average molecular weight is 180 g/mol. The molecule has 0 aliphatic heterocycles. The number of aromatic carboxylic acids is 1. The molecule has 3 N–H and O–H groups in total. The quantitative estimate of drug-likeness (QED) is 0.630. The minimum atomic E-state index is -1.35. The van der Waals surface area contributed by atoms with Crippen molar-refractivity contribution in [2.24, 2.45) is 0 Å². The van der Waals surface area contributed by atoms with E-state index < -0.39 is 11.8 Å². The summed E-state index contributed by atoms with van der Waals surface area (Å²) >= 11 is 0. The Morgan fingerprint density at radius 1 is 1.62 bits per heavy atom. The molecule has 0 heterocycles. The van der Waals surface area contributed by atoms with Crippen molar-refractivity contribution in [1.29, 1.82) is 5.26 Å². The Balaban J connectivity index is 3.44. The van der Waals surface area contributed by atoms with Crippen molar-refractivity contribution in [2.45, 2.75) is 0 Å². The summed E-state index contributed by atoms with van der Waals surface area (Å²) in [6.45, 7) is 0. The highest BCUT2D eigenvalue weighted by atomic mass is 19.1. The van der Waals surface area contributed by atoms with E-state index in [-0.39, 0.29) is 16.8 Å². The fourth-order valence-corrected chi connectivity index (χ4v) is 0.859. The van der Waals surface area contributed by atoms with E-state index in [1.54, 1.807) is 6.07 Å². The van der Waals surface area contributed by atoms with Crippen molar-refractivity contribution in [1.82, 2.24) is 0 Å². The van der Waals surface area contributed by atoms with Gasteiger partial charge in [-0.2, -0.15) is 5.26 Å². The molecule has 0 saturated heterocycles. The van der Waals surface area contributed by atoms with Gasteiger partial charge in [0, 0.05) is 0 Å². The van der Waals surface area contributed by atoms with Gasteiger partial charge in [-0.25, -0.2) is 9.18 Å². The summed E-state index contributed by atoms with van der Waals surface area (Å²) in [4.78, 5) is 10.5. The van der Waals surface area contributed by atoms with Crippen LogP contribution in [0.1, 0.15) is 15.9 Å². The van der Waals surface area contributed by atoms with Crippen molar-refractivity contribution in [3.63, 3.8) is 0 Å². The normalized spacial score (nSPS) is 9.23. The molecule has 0 amide bonds. The van der Waals surface area contributed by atoms with Crippen LogP contribution in [0.3, 0.4) is 0 Å². The molecule has 66 valence electrons. The number of nitrogens with zero attached hydrogens (tertiary/aromatic N) is 1. The molecule has 1 aromatic carbocycles. The topological polar surface area (TPSA) is 87.1 Å². The monoisotopic (exact) mass is 180 g/mol. The maximum Gasteiger partial charge on any atom is 0.337 e. The van der Waals surface area contributed by atoms with Crippen LogP contribution in [-0.4, -0.2) is 11.1 Å². The van der Waals surface area contributed by atoms with Crippen LogP contribution < -0.4 is 5.73 Å². The SMILES string of the molecule is N#Cc1cc(N)c(F)cc1C(=O)O. The first-order chi connectivity index (χ1) is 6.06. The third kappa shape index (κ3) is 1.56. The Kier molecular flexibility index (Phi) is 2.15. The van der Waals surface area contributed by atoms with Gasteiger partial charge >= 0.3 is 5.97 Å². The lowest BCUT2D eigenvalue weighted by atomic mass is 10.1. The number of halogens is 1. The summed E-state index contributed by atoms with van der Waals surface area (Å²) in [5.74, 6) is -2.19. The Labute approximate surface area is 73.0 Å². The number of carbonyl (C=O) groups is 1. The van der Waals surface area contributed by atoms with E-state index in [1.807, 2.05) is 0 Å². The van der Waals surface area contributed by atoms with Gasteiger partial charge in [0.05, 0.1) is 16.8 Å². The smallest absolute Gasteiger partial charge is 0.337 e. The second kappa shape index (κ2) is 3.11. The number of nitrogens with two attached hydrogens (primary N) is 1. The zero-order chi connectivity index (χ0) is 10.0. The molecular formula is C8H5FN2O2. The lowest BCUT2D eigenvalue weighted by molar-refractivity contribution is 0.0696. The summed E-state index contributed by atoms with van der Waals surface area (Å²) in [7, 11) is 0. The number of nitriles is 1. The molecule has 0 spiro atoms. The summed E-state index contributed by atoms with van der Waals surface area (Å²) in [6.07, 6.45) is 0. The first-order valence-corrected chi connectivity index (χ1v) is 3.28. The second-order valence-electron chi connectivity index (χ2n) is 2.34. The highest BCUT2D eigenvalue weighted by molar-refractivity contribution is 5.91. The second-order valence-corrected chi connectivity index (χ2v) is 2.34. The van der Waals surface area contributed by atoms with Crippen LogP contribution in [0.4, 0.5) is 10.1 Å². The number of carboxylic acid groups (broad SMARTS) is 1. The van der Waals surface area contributed by atoms with Gasteiger partial charge < -0.3 is 10.8 Å². The average Bonchev–Trinajstić information content (AvgIpc) is 2.08. The van der Waals surface area contributed by atoms with Crippen LogP contribution in [0.25, 0.3) is 0 Å². The fraction of sp³-hybridized carbons (Fsp3) is 0. The third-order valence-corrected chi connectivity index (χ3v) is 1.49. The van der Waals surface area contributed by atoms with Gasteiger partial charge in [0.1, 0.15) is 11.9 Å². The molecule has 0 saturated carbocycles. The van der Waals surface area contributed by atoms with Crippen LogP contribution in [-0.2, 0) is 0 Å². The first-order valence-electron chi connectivity index (χ1n) is 3.28. The molecule has 0 aromatic heterocycles. The van der Waals surface area contributed by atoms with Gasteiger partial charge in [0.15, 0.2) is 0 Å². The maximum atomic E-state index is 12.8. The molecule has 0 aliphatic carbocycles. The van der Waals surface area contributed by atoms with E-state index in [1.165, 1.54) is 0 Å². The van der Waals surface area contributed by atoms with Crippen LogP contribution in [0.15, 0.2) is 12.1 Å². The molecule has 0 aliphatic rings. The van der Waals surface area contributed by atoms with E-state index in [0.29, 0.717) is 0 Å². The first kappa shape index (κ1) is 9.00. The predicted octanol–water partition coefficient (Wildman–Crippen LogP) is 0.978. The minimum absolute atomic E-state index is 0.147. The summed E-state index contributed by atoms with van der Waals surface area (Å²) < 4.78 is 12.8. The number of hydrogen-bond donors (Lipinski definition) is 2. The highest BCUT2D eigenvalue weighted by Crippen LogP contribution is 2.16.